The molecule has 1 rings (SSSR count). The Labute approximate surface area is 79.1 Å². The van der Waals surface area contributed by atoms with Crippen LogP contribution >= 0.6 is 27.5 Å². The first kappa shape index (κ1) is 9.04. The van der Waals surface area contributed by atoms with Gasteiger partial charge in [0.1, 0.15) is 0 Å². The largest absolute Gasteiger partial charge is 0.392 e. The van der Waals surface area contributed by atoms with Crippen LogP contribution in [-0.4, -0.2) is 5.11 Å². The Morgan fingerprint density at radius 3 is 2.73 bits per heavy atom. The molecule has 0 saturated heterocycles. The van der Waals surface area contributed by atoms with Gasteiger partial charge in [-0.1, -0.05) is 23.7 Å². The zero-order valence-electron chi connectivity index (χ0n) is 6.06. The quantitative estimate of drug-likeness (QED) is 0.793. The van der Waals surface area contributed by atoms with Crippen LogP contribution in [-0.2, 0) is 6.61 Å². The minimum Gasteiger partial charge on any atom is -0.392 e. The number of hydrogen-bond acceptors (Lipinski definition) is 1. The molecule has 0 heterocycles. The van der Waals surface area contributed by atoms with Crippen molar-refractivity contribution >= 4 is 27.5 Å². The van der Waals surface area contributed by atoms with Crippen molar-refractivity contribution in [1.82, 2.24) is 0 Å². The second kappa shape index (κ2) is 3.57. The van der Waals surface area contributed by atoms with Crippen LogP contribution in [0, 0.1) is 6.92 Å². The molecule has 11 heavy (non-hydrogen) atoms. The maximum Gasteiger partial charge on any atom is 0.0696 e. The fourth-order valence-electron chi connectivity index (χ4n) is 0.808. The molecule has 0 radical (unpaired) electrons. The van der Waals surface area contributed by atoms with Gasteiger partial charge in [0.15, 0.2) is 0 Å². The van der Waals surface area contributed by atoms with E-state index >= 15 is 0 Å². The van der Waals surface area contributed by atoms with Gasteiger partial charge in [-0.2, -0.15) is 0 Å². The number of benzene rings is 1. The van der Waals surface area contributed by atoms with E-state index in [1.165, 1.54) is 0 Å². The summed E-state index contributed by atoms with van der Waals surface area (Å²) in [5.41, 5.74) is 1.83. The minimum atomic E-state index is -0.0162. The molecular formula is C8H8BrClO. The monoisotopic (exact) mass is 234 g/mol. The first-order valence-corrected chi connectivity index (χ1v) is 4.38. The molecular weight excluding hydrogens is 227 g/mol. The van der Waals surface area contributed by atoms with Gasteiger partial charge in [-0.05, 0) is 34.0 Å². The fraction of sp³-hybridized carbons (Fsp3) is 0.250. The lowest BCUT2D eigenvalue weighted by Gasteiger charge is -2.04. The molecule has 0 atom stereocenters. The van der Waals surface area contributed by atoms with Crippen molar-refractivity contribution in [2.24, 2.45) is 0 Å². The van der Waals surface area contributed by atoms with Crippen LogP contribution < -0.4 is 0 Å². The van der Waals surface area contributed by atoms with Gasteiger partial charge in [0.25, 0.3) is 0 Å². The van der Waals surface area contributed by atoms with E-state index in [9.17, 15) is 0 Å². The van der Waals surface area contributed by atoms with Gasteiger partial charge in [-0.15, -0.1) is 0 Å². The van der Waals surface area contributed by atoms with Crippen molar-refractivity contribution in [3.8, 4) is 0 Å². The van der Waals surface area contributed by atoms with Crippen molar-refractivity contribution in [2.75, 3.05) is 0 Å². The maximum absolute atomic E-state index is 8.83. The SMILES string of the molecule is Cc1ccc(CO)c(Cl)c1Br. The minimum absolute atomic E-state index is 0.0162. The molecule has 1 N–H and O–H groups in total. The predicted molar refractivity (Wildman–Crippen MR) is 49.8 cm³/mol. The van der Waals surface area contributed by atoms with E-state index in [0.29, 0.717) is 5.02 Å². The zero-order valence-corrected chi connectivity index (χ0v) is 8.41. The van der Waals surface area contributed by atoms with Crippen LogP contribution in [0.4, 0.5) is 0 Å². The van der Waals surface area contributed by atoms with Crippen molar-refractivity contribution in [3.63, 3.8) is 0 Å². The average molecular weight is 236 g/mol. The molecule has 1 nitrogen and oxygen atoms in total. The third-order valence-corrected chi connectivity index (χ3v) is 3.21. The summed E-state index contributed by atoms with van der Waals surface area (Å²) < 4.78 is 0.866. The summed E-state index contributed by atoms with van der Waals surface area (Å²) in [6.45, 7) is 1.94. The summed E-state index contributed by atoms with van der Waals surface area (Å²) in [7, 11) is 0. The zero-order chi connectivity index (χ0) is 8.43. The molecule has 0 fully saturated rings. The highest BCUT2D eigenvalue weighted by molar-refractivity contribution is 9.10. The van der Waals surface area contributed by atoms with E-state index in [-0.39, 0.29) is 6.61 Å². The lowest BCUT2D eigenvalue weighted by Crippen LogP contribution is -1.87. The van der Waals surface area contributed by atoms with Crippen LogP contribution in [0.15, 0.2) is 16.6 Å². The van der Waals surface area contributed by atoms with Gasteiger partial charge in [0, 0.05) is 4.47 Å². The Balaban J connectivity index is 3.25. The Morgan fingerprint density at radius 1 is 1.55 bits per heavy atom. The normalized spacial score (nSPS) is 10.2. The molecule has 0 unspecified atom stereocenters. The third kappa shape index (κ3) is 1.75. The smallest absolute Gasteiger partial charge is 0.0696 e. The number of aliphatic hydroxyl groups excluding tert-OH is 1. The lowest BCUT2D eigenvalue weighted by molar-refractivity contribution is 0.282. The lowest BCUT2D eigenvalue weighted by atomic mass is 10.2. The van der Waals surface area contributed by atoms with Crippen molar-refractivity contribution in [3.05, 3.63) is 32.8 Å². The van der Waals surface area contributed by atoms with E-state index in [0.717, 1.165) is 15.6 Å². The van der Waals surface area contributed by atoms with Crippen molar-refractivity contribution in [2.45, 2.75) is 13.5 Å². The van der Waals surface area contributed by atoms with E-state index in [4.69, 9.17) is 16.7 Å². The summed E-state index contributed by atoms with van der Waals surface area (Å²) in [5, 5.41) is 9.43. The first-order chi connectivity index (χ1) is 5.16. The Hall–Kier alpha value is -0.0500. The van der Waals surface area contributed by atoms with Gasteiger partial charge in [0.05, 0.1) is 11.6 Å². The average Bonchev–Trinajstić information content (AvgIpc) is 2.01. The van der Waals surface area contributed by atoms with Gasteiger partial charge in [-0.3, -0.25) is 0 Å². The maximum atomic E-state index is 8.83. The molecule has 1 aromatic rings. The fourth-order valence-corrected chi connectivity index (χ4v) is 1.47. The first-order valence-electron chi connectivity index (χ1n) is 3.21. The molecule has 0 amide bonds. The molecule has 1 aromatic carbocycles. The number of hydrogen-bond donors (Lipinski definition) is 1. The molecule has 0 aliphatic heterocycles. The highest BCUT2D eigenvalue weighted by atomic mass is 79.9. The van der Waals surface area contributed by atoms with Crippen molar-refractivity contribution in [1.29, 1.82) is 0 Å². The van der Waals surface area contributed by atoms with Crippen molar-refractivity contribution < 1.29 is 5.11 Å². The highest BCUT2D eigenvalue weighted by Gasteiger charge is 2.04. The standard InChI is InChI=1S/C8H8BrClO/c1-5-2-3-6(4-11)8(10)7(5)9/h2-3,11H,4H2,1H3. The molecule has 3 heteroatoms. The summed E-state index contributed by atoms with van der Waals surface area (Å²) in [4.78, 5) is 0. The molecule has 0 saturated carbocycles. The summed E-state index contributed by atoms with van der Waals surface area (Å²) in [6.07, 6.45) is 0. The predicted octanol–water partition coefficient (Wildman–Crippen LogP) is 2.90. The van der Waals surface area contributed by atoms with Crippen LogP contribution in [0.1, 0.15) is 11.1 Å². The van der Waals surface area contributed by atoms with Gasteiger partial charge >= 0.3 is 0 Å². The van der Waals surface area contributed by atoms with Gasteiger partial charge < -0.3 is 5.11 Å². The van der Waals surface area contributed by atoms with Crippen LogP contribution in [0.5, 0.6) is 0 Å². The van der Waals surface area contributed by atoms with Crippen LogP contribution in [0.25, 0.3) is 0 Å². The molecule has 0 aliphatic rings. The number of rotatable bonds is 1. The summed E-state index contributed by atoms with van der Waals surface area (Å²) in [5.74, 6) is 0. The summed E-state index contributed by atoms with van der Waals surface area (Å²) in [6, 6.07) is 3.74. The number of halogens is 2. The Kier molecular flexibility index (Phi) is 2.93. The van der Waals surface area contributed by atoms with E-state index in [2.05, 4.69) is 15.9 Å². The topological polar surface area (TPSA) is 20.2 Å². The number of aryl methyl sites for hydroxylation is 1. The van der Waals surface area contributed by atoms with E-state index < -0.39 is 0 Å². The van der Waals surface area contributed by atoms with Crippen LogP contribution in [0.2, 0.25) is 5.02 Å². The Morgan fingerprint density at radius 2 is 2.18 bits per heavy atom. The number of aliphatic hydroxyl groups is 1. The second-order valence-electron chi connectivity index (χ2n) is 2.33. The van der Waals surface area contributed by atoms with Gasteiger partial charge in [-0.25, -0.2) is 0 Å². The van der Waals surface area contributed by atoms with E-state index in [1.807, 2.05) is 19.1 Å². The van der Waals surface area contributed by atoms with Gasteiger partial charge in [0.2, 0.25) is 0 Å². The molecule has 60 valence electrons. The molecule has 0 aromatic heterocycles. The van der Waals surface area contributed by atoms with Crippen LogP contribution in [0.3, 0.4) is 0 Å². The van der Waals surface area contributed by atoms with E-state index in [1.54, 1.807) is 0 Å². The summed E-state index contributed by atoms with van der Waals surface area (Å²) >= 11 is 9.22. The third-order valence-electron chi connectivity index (χ3n) is 1.53. The molecule has 0 spiro atoms. The Bertz CT molecular complexity index is 273. The molecule has 0 bridgehead atoms. The molecule has 0 aliphatic carbocycles. The second-order valence-corrected chi connectivity index (χ2v) is 3.50. The highest BCUT2D eigenvalue weighted by Crippen LogP contribution is 2.29.